The first kappa shape index (κ1) is 26.9. The molecule has 0 fully saturated rings. The number of esters is 1. The number of benzene rings is 2. The van der Waals surface area contributed by atoms with E-state index >= 15 is 0 Å². The molecule has 4 nitrogen and oxygen atoms in total. The Morgan fingerprint density at radius 3 is 2.15 bits per heavy atom. The number of hydrogen-bond donors (Lipinski definition) is 0. The maximum atomic E-state index is 12.7. The van der Waals surface area contributed by atoms with Gasteiger partial charge in [0.2, 0.25) is 0 Å². The lowest BCUT2D eigenvalue weighted by atomic mass is 10.0. The van der Waals surface area contributed by atoms with Gasteiger partial charge in [0.15, 0.2) is 6.04 Å². The first-order valence-corrected chi connectivity index (χ1v) is 12.6. The largest absolute Gasteiger partial charge is 0.487 e. The van der Waals surface area contributed by atoms with Crippen LogP contribution in [0.5, 0.6) is 5.75 Å². The molecule has 0 saturated heterocycles. The molecule has 2 aromatic rings. The Morgan fingerprint density at radius 1 is 0.848 bits per heavy atom. The van der Waals surface area contributed by atoms with Crippen LogP contribution in [-0.4, -0.2) is 43.3 Å². The van der Waals surface area contributed by atoms with E-state index in [1.165, 1.54) is 49.7 Å². The molecule has 0 aliphatic heterocycles. The molecule has 0 spiro atoms. The third kappa shape index (κ3) is 10.00. The van der Waals surface area contributed by atoms with Gasteiger partial charge in [0.25, 0.3) is 0 Å². The molecule has 2 atom stereocenters. The van der Waals surface area contributed by atoms with Crippen LogP contribution in [-0.2, 0) is 22.5 Å². The molecule has 0 saturated carbocycles. The van der Waals surface area contributed by atoms with Crippen molar-refractivity contribution in [3.63, 3.8) is 0 Å². The van der Waals surface area contributed by atoms with Gasteiger partial charge in [-0.05, 0) is 44.4 Å². The van der Waals surface area contributed by atoms with E-state index in [1.807, 2.05) is 44.2 Å². The molecule has 0 bridgehead atoms. The number of nitrogens with zero attached hydrogens (tertiary/aromatic N) is 1. The minimum absolute atomic E-state index is 0.194. The predicted octanol–water partition coefficient (Wildman–Crippen LogP) is 6.57. The van der Waals surface area contributed by atoms with Gasteiger partial charge in [0.1, 0.15) is 25.0 Å². The van der Waals surface area contributed by atoms with Crippen molar-refractivity contribution < 1.29 is 18.8 Å². The summed E-state index contributed by atoms with van der Waals surface area (Å²) in [5, 5.41) is 0. The fourth-order valence-electron chi connectivity index (χ4n) is 3.91. The summed E-state index contributed by atoms with van der Waals surface area (Å²) in [4.78, 5) is 12.7. The summed E-state index contributed by atoms with van der Waals surface area (Å²) < 4.78 is 12.1. The third-order valence-corrected chi connectivity index (χ3v) is 6.36. The van der Waals surface area contributed by atoms with Crippen LogP contribution in [0.25, 0.3) is 0 Å². The van der Waals surface area contributed by atoms with Crippen LogP contribution in [0.2, 0.25) is 0 Å². The summed E-state index contributed by atoms with van der Waals surface area (Å²) in [6.45, 7) is 7.13. The van der Waals surface area contributed by atoms with Crippen molar-refractivity contribution in [2.24, 2.45) is 0 Å². The predicted molar refractivity (Wildman–Crippen MR) is 136 cm³/mol. The number of likely N-dealkylation sites (N-methyl/N-ethyl adjacent to an activating group) is 1. The fraction of sp³-hybridized carbons (Fsp3) is 0.552. The monoisotopic (exact) mass is 454 g/mol. The van der Waals surface area contributed by atoms with Crippen LogP contribution in [0.15, 0.2) is 54.6 Å². The van der Waals surface area contributed by atoms with Gasteiger partial charge in [-0.2, -0.15) is 0 Å². The smallest absolute Gasteiger partial charge is 0.364 e. The number of hydrogen-bond acceptors (Lipinski definition) is 3. The Balaban J connectivity index is 1.72. The first-order valence-electron chi connectivity index (χ1n) is 12.6. The summed E-state index contributed by atoms with van der Waals surface area (Å²) in [5.74, 6) is 0.624. The van der Waals surface area contributed by atoms with Crippen molar-refractivity contribution >= 4 is 5.97 Å². The zero-order valence-electron chi connectivity index (χ0n) is 21.4. The molecule has 0 amide bonds. The van der Waals surface area contributed by atoms with Crippen LogP contribution in [0.4, 0.5) is 0 Å². The highest BCUT2D eigenvalue weighted by atomic mass is 16.6. The van der Waals surface area contributed by atoms with E-state index in [4.69, 9.17) is 9.47 Å². The molecular formula is C29H44NO3+. The van der Waals surface area contributed by atoms with Crippen LogP contribution >= 0.6 is 0 Å². The number of carbonyl (C=O) groups is 1. The molecule has 0 aliphatic rings. The van der Waals surface area contributed by atoms with Gasteiger partial charge in [-0.25, -0.2) is 4.79 Å². The zero-order chi connectivity index (χ0) is 24.1. The number of carbonyl (C=O) groups excluding carboxylic acids is 1. The quantitative estimate of drug-likeness (QED) is 0.174. The van der Waals surface area contributed by atoms with E-state index in [2.05, 4.69) is 45.3 Å². The Labute approximate surface area is 201 Å². The third-order valence-electron chi connectivity index (χ3n) is 6.36. The van der Waals surface area contributed by atoms with Crippen molar-refractivity contribution in [1.82, 2.24) is 0 Å². The maximum Gasteiger partial charge on any atom is 0.364 e. The summed E-state index contributed by atoms with van der Waals surface area (Å²) in [7, 11) is 4.12. The number of aryl methyl sites for hydroxylation is 1. The molecule has 0 aromatic heterocycles. The Hall–Kier alpha value is -2.33. The highest BCUT2D eigenvalue weighted by Gasteiger charge is 2.32. The van der Waals surface area contributed by atoms with Gasteiger partial charge in [-0.3, -0.25) is 0 Å². The van der Waals surface area contributed by atoms with Crippen LogP contribution < -0.4 is 4.74 Å². The van der Waals surface area contributed by atoms with Crippen molar-refractivity contribution in [1.29, 1.82) is 0 Å². The van der Waals surface area contributed by atoms with Crippen molar-refractivity contribution in [3.05, 3.63) is 65.7 Å². The Kier molecular flexibility index (Phi) is 11.5. The summed E-state index contributed by atoms with van der Waals surface area (Å²) in [6, 6.07) is 18.3. The van der Waals surface area contributed by atoms with E-state index in [1.54, 1.807) is 0 Å². The van der Waals surface area contributed by atoms with Gasteiger partial charge in [-0.1, -0.05) is 81.5 Å². The van der Waals surface area contributed by atoms with Crippen molar-refractivity contribution in [2.75, 3.05) is 20.7 Å². The number of quaternary nitrogens is 1. The van der Waals surface area contributed by atoms with E-state index in [0.717, 1.165) is 18.7 Å². The Morgan fingerprint density at radius 2 is 1.48 bits per heavy atom. The van der Waals surface area contributed by atoms with E-state index in [-0.39, 0.29) is 24.7 Å². The SMILES string of the molecule is CCCCCCCCc1ccc(OC(C)COC(=O)C(C)[N+](C)(C)Cc2ccccc2)cc1. The molecule has 2 aromatic carbocycles. The highest BCUT2D eigenvalue weighted by molar-refractivity contribution is 5.74. The molecule has 0 heterocycles. The molecule has 2 unspecified atom stereocenters. The molecule has 0 aliphatic carbocycles. The topological polar surface area (TPSA) is 35.5 Å². The van der Waals surface area contributed by atoms with Gasteiger partial charge in [0, 0.05) is 5.56 Å². The lowest BCUT2D eigenvalue weighted by molar-refractivity contribution is -0.917. The van der Waals surface area contributed by atoms with Crippen molar-refractivity contribution in [3.8, 4) is 5.75 Å². The molecule has 33 heavy (non-hydrogen) atoms. The van der Waals surface area contributed by atoms with Gasteiger partial charge in [-0.15, -0.1) is 0 Å². The van der Waals surface area contributed by atoms with Crippen LogP contribution in [0.3, 0.4) is 0 Å². The number of ether oxygens (including phenoxy) is 2. The zero-order valence-corrected chi connectivity index (χ0v) is 21.4. The fourth-order valence-corrected chi connectivity index (χ4v) is 3.91. The molecule has 0 radical (unpaired) electrons. The first-order chi connectivity index (χ1) is 15.8. The van der Waals surface area contributed by atoms with Crippen LogP contribution in [0, 0.1) is 0 Å². The van der Waals surface area contributed by atoms with Gasteiger partial charge in [0.05, 0.1) is 14.1 Å². The number of rotatable bonds is 15. The second kappa shape index (κ2) is 14.0. The summed E-state index contributed by atoms with van der Waals surface area (Å²) in [5.41, 5.74) is 2.56. The molecular weight excluding hydrogens is 410 g/mol. The second-order valence-corrected chi connectivity index (χ2v) is 9.82. The standard InChI is InChI=1S/C29H44NO3/c1-6-7-8-9-10-12-15-26-18-20-28(21-19-26)33-24(2)23-32-29(31)25(3)30(4,5)22-27-16-13-11-14-17-27/h11,13-14,16-21,24-25H,6-10,12,15,22-23H2,1-5H3/q+1. The molecule has 0 N–H and O–H groups in total. The lowest BCUT2D eigenvalue weighted by Crippen LogP contribution is -2.51. The minimum atomic E-state index is -0.265. The molecule has 4 heteroatoms. The van der Waals surface area contributed by atoms with E-state index < -0.39 is 0 Å². The van der Waals surface area contributed by atoms with E-state index in [0.29, 0.717) is 4.48 Å². The van der Waals surface area contributed by atoms with Gasteiger partial charge >= 0.3 is 5.97 Å². The van der Waals surface area contributed by atoms with E-state index in [9.17, 15) is 4.79 Å². The van der Waals surface area contributed by atoms with Crippen LogP contribution in [0.1, 0.15) is 70.4 Å². The Bertz CT molecular complexity index is 801. The molecule has 2 rings (SSSR count). The summed E-state index contributed by atoms with van der Waals surface area (Å²) in [6.07, 6.45) is 8.81. The molecule has 182 valence electrons. The van der Waals surface area contributed by atoms with Gasteiger partial charge < -0.3 is 14.0 Å². The van der Waals surface area contributed by atoms with Crippen molar-refractivity contribution in [2.45, 2.75) is 84.4 Å². The number of unbranched alkanes of at least 4 members (excludes halogenated alkanes) is 5. The average Bonchev–Trinajstić information content (AvgIpc) is 2.80. The highest BCUT2D eigenvalue weighted by Crippen LogP contribution is 2.18. The maximum absolute atomic E-state index is 12.7. The summed E-state index contributed by atoms with van der Waals surface area (Å²) >= 11 is 0. The average molecular weight is 455 g/mol. The normalized spacial score (nSPS) is 13.4. The lowest BCUT2D eigenvalue weighted by Gasteiger charge is -2.34. The minimum Gasteiger partial charge on any atom is -0.487 e. The second-order valence-electron chi connectivity index (χ2n) is 9.82.